The fraction of sp³-hybridized carbons (Fsp3) is 0.450. The predicted molar refractivity (Wildman–Crippen MR) is 111 cm³/mol. The molecular formula is C20H28ClN5O2. The zero-order valence-electron chi connectivity index (χ0n) is 16.3. The zero-order chi connectivity index (χ0) is 19.2. The monoisotopic (exact) mass is 405 g/mol. The summed E-state index contributed by atoms with van der Waals surface area (Å²) in [6.07, 6.45) is 4.43. The first-order valence-electron chi connectivity index (χ1n) is 9.36. The number of aromatic nitrogens is 2. The van der Waals surface area contributed by atoms with Crippen LogP contribution in [0.5, 0.6) is 0 Å². The molecule has 1 saturated heterocycles. The van der Waals surface area contributed by atoms with Gasteiger partial charge in [0.2, 0.25) is 5.91 Å². The van der Waals surface area contributed by atoms with Gasteiger partial charge in [0.25, 0.3) is 5.91 Å². The second-order valence-corrected chi connectivity index (χ2v) is 7.13. The van der Waals surface area contributed by atoms with Gasteiger partial charge in [-0.1, -0.05) is 30.3 Å². The van der Waals surface area contributed by atoms with Crippen molar-refractivity contribution in [2.45, 2.75) is 31.3 Å². The smallest absolute Gasteiger partial charge is 0.272 e. The Labute approximate surface area is 171 Å². The molecule has 2 unspecified atom stereocenters. The maximum atomic E-state index is 12.7. The Morgan fingerprint density at radius 1 is 1.29 bits per heavy atom. The van der Waals surface area contributed by atoms with Crippen molar-refractivity contribution >= 4 is 24.2 Å². The lowest BCUT2D eigenvalue weighted by atomic mass is 10.0. The van der Waals surface area contributed by atoms with Crippen molar-refractivity contribution in [2.75, 3.05) is 27.2 Å². The Morgan fingerprint density at radius 3 is 2.68 bits per heavy atom. The summed E-state index contributed by atoms with van der Waals surface area (Å²) < 4.78 is 1.85. The van der Waals surface area contributed by atoms with Crippen molar-refractivity contribution in [2.24, 2.45) is 0 Å². The van der Waals surface area contributed by atoms with Gasteiger partial charge in [-0.05, 0) is 31.0 Å². The molecular weight excluding hydrogens is 378 g/mol. The van der Waals surface area contributed by atoms with Crippen molar-refractivity contribution < 1.29 is 9.59 Å². The van der Waals surface area contributed by atoms with Gasteiger partial charge in [-0.3, -0.25) is 14.3 Å². The van der Waals surface area contributed by atoms with Gasteiger partial charge < -0.3 is 15.5 Å². The number of halogens is 1. The van der Waals surface area contributed by atoms with Crippen LogP contribution in [0.4, 0.5) is 0 Å². The molecule has 1 aromatic carbocycles. The molecule has 8 heteroatoms. The van der Waals surface area contributed by atoms with E-state index in [-0.39, 0.29) is 30.3 Å². The van der Waals surface area contributed by atoms with Gasteiger partial charge in [0, 0.05) is 33.3 Å². The maximum absolute atomic E-state index is 12.7. The molecule has 1 aliphatic heterocycles. The summed E-state index contributed by atoms with van der Waals surface area (Å²) in [6.45, 7) is 1.89. The Hall–Kier alpha value is -2.38. The third kappa shape index (κ3) is 5.56. The average molecular weight is 406 g/mol. The van der Waals surface area contributed by atoms with Gasteiger partial charge in [-0.2, -0.15) is 5.10 Å². The summed E-state index contributed by atoms with van der Waals surface area (Å²) in [6, 6.07) is 11.0. The molecule has 0 spiro atoms. The second-order valence-electron chi connectivity index (χ2n) is 7.13. The number of benzene rings is 1. The van der Waals surface area contributed by atoms with Gasteiger partial charge in [-0.25, -0.2) is 0 Å². The van der Waals surface area contributed by atoms with Crippen LogP contribution >= 0.6 is 12.4 Å². The van der Waals surface area contributed by atoms with Crippen LogP contribution in [0, 0.1) is 0 Å². The molecule has 1 aliphatic rings. The van der Waals surface area contributed by atoms with E-state index in [2.05, 4.69) is 15.7 Å². The predicted octanol–water partition coefficient (Wildman–Crippen LogP) is 1.66. The largest absolute Gasteiger partial charge is 0.347 e. The van der Waals surface area contributed by atoms with E-state index in [1.807, 2.05) is 41.2 Å². The third-order valence-corrected chi connectivity index (χ3v) is 4.81. The highest BCUT2D eigenvalue weighted by Crippen LogP contribution is 2.16. The molecule has 28 heavy (non-hydrogen) atoms. The first-order chi connectivity index (χ1) is 13.0. The zero-order valence-corrected chi connectivity index (χ0v) is 17.1. The van der Waals surface area contributed by atoms with E-state index < -0.39 is 6.04 Å². The highest BCUT2D eigenvalue weighted by atomic mass is 35.5. The summed E-state index contributed by atoms with van der Waals surface area (Å²) in [5.41, 5.74) is 1.34. The highest BCUT2D eigenvalue weighted by Gasteiger charge is 2.25. The van der Waals surface area contributed by atoms with Crippen LogP contribution in [0.2, 0.25) is 0 Å². The molecule has 0 bridgehead atoms. The first kappa shape index (κ1) is 21.9. The highest BCUT2D eigenvalue weighted by molar-refractivity contribution is 5.96. The standard InChI is InChI=1S/C20H27N5O2.ClH/c1-24(2)20(27)18(13-15-7-4-3-5-8-15)22-19(26)17-10-12-25(23-17)16-9-6-11-21-14-16;/h3-5,7-8,10,12,16,18,21H,6,9,11,13-14H2,1-2H3,(H,22,26);1H. The van der Waals surface area contributed by atoms with Gasteiger partial charge in [0.15, 0.2) is 0 Å². The topological polar surface area (TPSA) is 79.3 Å². The number of likely N-dealkylation sites (N-methyl/N-ethyl adjacent to an activating group) is 1. The van der Waals surface area contributed by atoms with Gasteiger partial charge in [0.1, 0.15) is 11.7 Å². The molecule has 3 rings (SSSR count). The minimum atomic E-state index is -0.628. The number of amides is 2. The fourth-order valence-electron chi connectivity index (χ4n) is 3.32. The third-order valence-electron chi connectivity index (χ3n) is 4.81. The lowest BCUT2D eigenvalue weighted by Crippen LogP contribution is -2.47. The average Bonchev–Trinajstić information content (AvgIpc) is 3.18. The quantitative estimate of drug-likeness (QED) is 0.766. The Morgan fingerprint density at radius 2 is 2.04 bits per heavy atom. The molecule has 2 amide bonds. The van der Waals surface area contributed by atoms with E-state index in [1.165, 1.54) is 4.90 Å². The number of nitrogens with one attached hydrogen (secondary N) is 2. The van der Waals surface area contributed by atoms with E-state index in [9.17, 15) is 9.59 Å². The molecule has 2 atom stereocenters. The minimum absolute atomic E-state index is 0. The van der Waals surface area contributed by atoms with Crippen LogP contribution in [0.3, 0.4) is 0 Å². The maximum Gasteiger partial charge on any atom is 0.272 e. The molecule has 0 aliphatic carbocycles. The lowest BCUT2D eigenvalue weighted by Gasteiger charge is -2.23. The van der Waals surface area contributed by atoms with Crippen LogP contribution in [0.15, 0.2) is 42.6 Å². The van der Waals surface area contributed by atoms with E-state index in [0.29, 0.717) is 12.1 Å². The number of carbonyl (C=O) groups is 2. The number of rotatable bonds is 6. The van der Waals surface area contributed by atoms with Crippen LogP contribution in [0.1, 0.15) is 34.9 Å². The van der Waals surface area contributed by atoms with Gasteiger partial charge >= 0.3 is 0 Å². The van der Waals surface area contributed by atoms with Crippen molar-refractivity contribution in [3.63, 3.8) is 0 Å². The number of nitrogens with zero attached hydrogens (tertiary/aromatic N) is 3. The summed E-state index contributed by atoms with van der Waals surface area (Å²) in [4.78, 5) is 26.7. The van der Waals surface area contributed by atoms with Crippen LogP contribution in [-0.4, -0.2) is 59.7 Å². The van der Waals surface area contributed by atoms with Gasteiger partial charge in [-0.15, -0.1) is 12.4 Å². The molecule has 1 fully saturated rings. The molecule has 1 aromatic heterocycles. The van der Waals surface area contributed by atoms with Crippen LogP contribution in [-0.2, 0) is 11.2 Å². The van der Waals surface area contributed by atoms with Crippen molar-refractivity contribution in [1.82, 2.24) is 25.3 Å². The number of hydrogen-bond donors (Lipinski definition) is 2. The second kappa shape index (κ2) is 10.2. The van der Waals surface area contributed by atoms with Crippen molar-refractivity contribution in [3.05, 3.63) is 53.9 Å². The summed E-state index contributed by atoms with van der Waals surface area (Å²) in [5.74, 6) is -0.461. The molecule has 0 radical (unpaired) electrons. The number of hydrogen-bond acceptors (Lipinski definition) is 4. The Balaban J connectivity index is 0.00000280. The molecule has 152 valence electrons. The molecule has 2 N–H and O–H groups in total. The lowest BCUT2D eigenvalue weighted by molar-refractivity contribution is -0.130. The summed E-state index contributed by atoms with van der Waals surface area (Å²) in [5, 5.41) is 10.6. The normalized spacial score (nSPS) is 17.3. The Kier molecular flexibility index (Phi) is 8.02. The molecule has 2 heterocycles. The SMILES string of the molecule is CN(C)C(=O)C(Cc1ccccc1)NC(=O)c1ccn(C2CCCNC2)n1.Cl. The summed E-state index contributed by atoms with van der Waals surface area (Å²) >= 11 is 0. The van der Waals surface area contributed by atoms with E-state index in [1.54, 1.807) is 20.2 Å². The van der Waals surface area contributed by atoms with E-state index in [0.717, 1.165) is 31.5 Å². The van der Waals surface area contributed by atoms with Gasteiger partial charge in [0.05, 0.1) is 6.04 Å². The first-order valence-corrected chi connectivity index (χ1v) is 9.36. The van der Waals surface area contributed by atoms with E-state index in [4.69, 9.17) is 0 Å². The molecule has 7 nitrogen and oxygen atoms in total. The van der Waals surface area contributed by atoms with Crippen LogP contribution in [0.25, 0.3) is 0 Å². The molecule has 0 saturated carbocycles. The fourth-order valence-corrected chi connectivity index (χ4v) is 3.32. The minimum Gasteiger partial charge on any atom is -0.347 e. The number of carbonyl (C=O) groups excluding carboxylic acids is 2. The number of piperidine rings is 1. The summed E-state index contributed by atoms with van der Waals surface area (Å²) in [7, 11) is 3.38. The van der Waals surface area contributed by atoms with Crippen molar-refractivity contribution in [3.8, 4) is 0 Å². The van der Waals surface area contributed by atoms with Crippen LogP contribution < -0.4 is 10.6 Å². The Bertz CT molecular complexity index is 772. The van der Waals surface area contributed by atoms with E-state index >= 15 is 0 Å². The van der Waals surface area contributed by atoms with Crippen molar-refractivity contribution in [1.29, 1.82) is 0 Å². The molecule has 2 aromatic rings.